The van der Waals surface area contributed by atoms with E-state index in [2.05, 4.69) is 10.2 Å². The number of Topliss-reactive ketones (excluding diaryl/α,β-unsaturated/α-hetero) is 4. The van der Waals surface area contributed by atoms with Gasteiger partial charge >= 0.3 is 0 Å². The monoisotopic (exact) mass is 576 g/mol. The lowest BCUT2D eigenvalue weighted by Crippen LogP contribution is -2.46. The first kappa shape index (κ1) is 34.7. The van der Waals surface area contributed by atoms with E-state index in [-0.39, 0.29) is 42.7 Å². The van der Waals surface area contributed by atoms with E-state index in [0.717, 1.165) is 12.1 Å². The van der Waals surface area contributed by atoms with E-state index in [4.69, 9.17) is 0 Å². The SMILES string of the molecule is CC(C)[C@H](CC(=O)[C@H](C)NC(=O)[C@@H](CC(=O)c1ccccc1)C(C)(C)C)C(=O)C(=O)CCc1ccc(CN(C)C)cc1. The van der Waals surface area contributed by atoms with E-state index in [1.807, 2.05) is 79.0 Å². The van der Waals surface area contributed by atoms with Gasteiger partial charge < -0.3 is 10.2 Å². The summed E-state index contributed by atoms with van der Waals surface area (Å²) in [6, 6.07) is 16.0. The van der Waals surface area contributed by atoms with Gasteiger partial charge in [0.05, 0.1) is 12.0 Å². The molecule has 1 amide bonds. The predicted octanol–water partition coefficient (Wildman–Crippen LogP) is 5.49. The summed E-state index contributed by atoms with van der Waals surface area (Å²) in [4.78, 5) is 67.4. The molecule has 3 atom stereocenters. The highest BCUT2D eigenvalue weighted by Gasteiger charge is 2.36. The zero-order valence-electron chi connectivity index (χ0n) is 26.5. The van der Waals surface area contributed by atoms with Crippen LogP contribution in [0.5, 0.6) is 0 Å². The summed E-state index contributed by atoms with van der Waals surface area (Å²) in [6.07, 6.45) is 0.415. The molecule has 0 saturated heterocycles. The topological polar surface area (TPSA) is 101 Å². The molecule has 0 fully saturated rings. The Hall–Kier alpha value is -3.45. The number of nitrogens with one attached hydrogen (secondary N) is 1. The van der Waals surface area contributed by atoms with Crippen molar-refractivity contribution in [3.05, 3.63) is 71.3 Å². The number of rotatable bonds is 16. The number of carbonyl (C=O) groups excluding carboxylic acids is 5. The van der Waals surface area contributed by atoms with Crippen molar-refractivity contribution in [3.63, 3.8) is 0 Å². The number of benzene rings is 2. The molecular formula is C35H48N2O5. The average Bonchev–Trinajstić information content (AvgIpc) is 2.92. The number of hydrogen-bond donors (Lipinski definition) is 1. The van der Waals surface area contributed by atoms with E-state index in [1.54, 1.807) is 31.2 Å². The first-order valence-electron chi connectivity index (χ1n) is 14.8. The fraction of sp³-hybridized carbons (Fsp3) is 0.514. The summed E-state index contributed by atoms with van der Waals surface area (Å²) in [5.74, 6) is -3.49. The van der Waals surface area contributed by atoms with Crippen molar-refractivity contribution in [1.82, 2.24) is 10.2 Å². The quantitative estimate of drug-likeness (QED) is 0.210. The van der Waals surface area contributed by atoms with Gasteiger partial charge in [-0.15, -0.1) is 0 Å². The number of carbonyl (C=O) groups is 5. The Morgan fingerprint density at radius 2 is 1.38 bits per heavy atom. The van der Waals surface area contributed by atoms with Crippen LogP contribution in [0.2, 0.25) is 0 Å². The second-order valence-electron chi connectivity index (χ2n) is 13.0. The molecule has 0 aliphatic carbocycles. The molecule has 7 heteroatoms. The highest BCUT2D eigenvalue weighted by Crippen LogP contribution is 2.30. The third-order valence-corrected chi connectivity index (χ3v) is 7.69. The highest BCUT2D eigenvalue weighted by atomic mass is 16.2. The molecule has 0 saturated carbocycles. The van der Waals surface area contributed by atoms with Crippen LogP contribution >= 0.6 is 0 Å². The maximum absolute atomic E-state index is 13.3. The molecule has 1 N–H and O–H groups in total. The first-order chi connectivity index (χ1) is 19.6. The lowest BCUT2D eigenvalue weighted by atomic mass is 9.76. The third-order valence-electron chi connectivity index (χ3n) is 7.69. The number of hydrogen-bond acceptors (Lipinski definition) is 6. The van der Waals surface area contributed by atoms with Gasteiger partial charge in [0, 0.05) is 37.3 Å². The van der Waals surface area contributed by atoms with Crippen LogP contribution in [-0.2, 0) is 32.1 Å². The Kier molecular flexibility index (Phi) is 13.0. The van der Waals surface area contributed by atoms with Crippen LogP contribution in [0.25, 0.3) is 0 Å². The van der Waals surface area contributed by atoms with Crippen LogP contribution in [0, 0.1) is 23.2 Å². The van der Waals surface area contributed by atoms with Gasteiger partial charge in [-0.25, -0.2) is 0 Å². The van der Waals surface area contributed by atoms with Crippen LogP contribution in [-0.4, -0.2) is 54.1 Å². The summed E-state index contributed by atoms with van der Waals surface area (Å²) in [6.45, 7) is 11.7. The summed E-state index contributed by atoms with van der Waals surface area (Å²) >= 11 is 0. The van der Waals surface area contributed by atoms with E-state index >= 15 is 0 Å². The zero-order valence-corrected chi connectivity index (χ0v) is 26.5. The summed E-state index contributed by atoms with van der Waals surface area (Å²) in [7, 11) is 4.00. The lowest BCUT2D eigenvalue weighted by molar-refractivity contribution is -0.141. The molecular weight excluding hydrogens is 528 g/mol. The number of ketones is 4. The van der Waals surface area contributed by atoms with Crippen LogP contribution in [0.1, 0.15) is 82.3 Å². The molecule has 0 spiro atoms. The average molecular weight is 577 g/mol. The minimum atomic E-state index is -0.862. The van der Waals surface area contributed by atoms with Crippen molar-refractivity contribution < 1.29 is 24.0 Å². The van der Waals surface area contributed by atoms with E-state index < -0.39 is 34.9 Å². The van der Waals surface area contributed by atoms with Crippen molar-refractivity contribution in [2.45, 2.75) is 79.8 Å². The largest absolute Gasteiger partial charge is 0.346 e. The van der Waals surface area contributed by atoms with E-state index in [1.165, 1.54) is 5.56 Å². The van der Waals surface area contributed by atoms with E-state index in [9.17, 15) is 24.0 Å². The van der Waals surface area contributed by atoms with Crippen LogP contribution < -0.4 is 5.32 Å². The number of nitrogens with zero attached hydrogens (tertiary/aromatic N) is 1. The zero-order chi connectivity index (χ0) is 31.6. The molecule has 228 valence electrons. The van der Waals surface area contributed by atoms with Crippen LogP contribution in [0.3, 0.4) is 0 Å². The minimum absolute atomic E-state index is 0.0141. The van der Waals surface area contributed by atoms with E-state index in [0.29, 0.717) is 12.0 Å². The molecule has 7 nitrogen and oxygen atoms in total. The predicted molar refractivity (Wildman–Crippen MR) is 166 cm³/mol. The molecule has 0 radical (unpaired) electrons. The Morgan fingerprint density at radius 3 is 1.90 bits per heavy atom. The normalized spacial score (nSPS) is 13.9. The highest BCUT2D eigenvalue weighted by molar-refractivity contribution is 6.38. The molecule has 0 heterocycles. The minimum Gasteiger partial charge on any atom is -0.346 e. The van der Waals surface area contributed by atoms with Gasteiger partial charge in [-0.2, -0.15) is 0 Å². The summed E-state index contributed by atoms with van der Waals surface area (Å²) in [5, 5.41) is 2.78. The molecule has 0 bridgehead atoms. The maximum atomic E-state index is 13.3. The van der Waals surface area contributed by atoms with Gasteiger partial charge in [-0.05, 0) is 49.9 Å². The Labute approximate surface area is 251 Å². The van der Waals surface area contributed by atoms with Crippen molar-refractivity contribution >= 4 is 29.0 Å². The molecule has 0 aliphatic rings. The van der Waals surface area contributed by atoms with Gasteiger partial charge in [-0.3, -0.25) is 24.0 Å². The van der Waals surface area contributed by atoms with Gasteiger partial charge in [0.15, 0.2) is 17.3 Å². The lowest BCUT2D eigenvalue weighted by Gasteiger charge is -2.30. The summed E-state index contributed by atoms with van der Waals surface area (Å²) in [5.41, 5.74) is 2.16. The standard InChI is InChI=1S/C35H48N2O5/c1-23(2)28(33(41)30(38)19-18-25-14-16-26(17-15-25)22-37(7)8)20-31(39)24(3)36-34(42)29(35(4,5)6)21-32(40)27-12-10-9-11-13-27/h9-17,23-24,28-29H,18-22H2,1-8H3,(H,36,42)/t24-,28-,29+/m0/s1. The van der Waals surface area contributed by atoms with Gasteiger partial charge in [0.25, 0.3) is 0 Å². The third kappa shape index (κ3) is 10.8. The molecule has 0 unspecified atom stereocenters. The smallest absolute Gasteiger partial charge is 0.224 e. The summed E-state index contributed by atoms with van der Waals surface area (Å²) < 4.78 is 0. The Morgan fingerprint density at radius 1 is 0.810 bits per heavy atom. The van der Waals surface area contributed by atoms with Crippen LogP contribution in [0.15, 0.2) is 54.6 Å². The Bertz CT molecular complexity index is 1230. The number of aryl methyl sites for hydroxylation is 1. The van der Waals surface area contributed by atoms with Gasteiger partial charge in [0.2, 0.25) is 11.7 Å². The fourth-order valence-corrected chi connectivity index (χ4v) is 4.90. The molecule has 2 aromatic rings. The number of amides is 1. The Balaban J connectivity index is 2.00. The molecule has 42 heavy (non-hydrogen) atoms. The maximum Gasteiger partial charge on any atom is 0.224 e. The second kappa shape index (κ2) is 15.7. The van der Waals surface area contributed by atoms with Crippen molar-refractivity contribution in [1.29, 1.82) is 0 Å². The molecule has 2 aromatic carbocycles. The molecule has 0 aromatic heterocycles. The van der Waals surface area contributed by atoms with Crippen molar-refractivity contribution in [2.24, 2.45) is 23.2 Å². The molecule has 2 rings (SSSR count). The van der Waals surface area contributed by atoms with Crippen molar-refractivity contribution in [2.75, 3.05) is 14.1 Å². The van der Waals surface area contributed by atoms with Crippen molar-refractivity contribution in [3.8, 4) is 0 Å². The first-order valence-corrected chi connectivity index (χ1v) is 14.8. The molecule has 0 aliphatic heterocycles. The van der Waals surface area contributed by atoms with Gasteiger partial charge in [-0.1, -0.05) is 89.2 Å². The van der Waals surface area contributed by atoms with Crippen LogP contribution in [0.4, 0.5) is 0 Å². The van der Waals surface area contributed by atoms with Gasteiger partial charge in [0.1, 0.15) is 0 Å². The second-order valence-corrected chi connectivity index (χ2v) is 13.0. The fourth-order valence-electron chi connectivity index (χ4n) is 4.90.